The molecule has 2 aliphatic heterocycles. The molecule has 0 bridgehead atoms. The Balaban J connectivity index is 1.38. The lowest BCUT2D eigenvalue weighted by molar-refractivity contribution is -0.141. The third-order valence-corrected chi connectivity index (χ3v) is 8.88. The quantitative estimate of drug-likeness (QED) is 0.505. The fourth-order valence-corrected chi connectivity index (χ4v) is 6.85. The number of likely N-dealkylation sites (tertiary alicyclic amines) is 1. The lowest BCUT2D eigenvalue weighted by Gasteiger charge is -2.34. The van der Waals surface area contributed by atoms with Crippen LogP contribution in [-0.4, -0.2) is 52.3 Å². The Morgan fingerprint density at radius 2 is 1.91 bits per heavy atom. The molecule has 34 heavy (non-hydrogen) atoms. The van der Waals surface area contributed by atoms with E-state index in [0.29, 0.717) is 22.6 Å². The van der Waals surface area contributed by atoms with E-state index in [1.807, 2.05) is 24.3 Å². The molecule has 1 N–H and O–H groups in total. The summed E-state index contributed by atoms with van der Waals surface area (Å²) in [6.07, 6.45) is 2.51. The molecule has 6 rings (SSSR count). The summed E-state index contributed by atoms with van der Waals surface area (Å²) in [5.74, 6) is -0.234. The van der Waals surface area contributed by atoms with Crippen LogP contribution in [0.1, 0.15) is 23.8 Å². The number of fused-ring (bicyclic) bond motifs is 2. The highest BCUT2D eigenvalue weighted by atomic mass is 35.5. The number of carbonyl (C=O) groups excluding carboxylic acids is 2. The number of halogens is 2. The van der Waals surface area contributed by atoms with Crippen LogP contribution < -0.4 is 5.32 Å². The van der Waals surface area contributed by atoms with Gasteiger partial charge in [-0.2, -0.15) is 0 Å². The minimum absolute atomic E-state index is 0.0327. The van der Waals surface area contributed by atoms with Crippen molar-refractivity contribution >= 4 is 56.6 Å². The van der Waals surface area contributed by atoms with E-state index in [0.717, 1.165) is 64.4 Å². The van der Waals surface area contributed by atoms with E-state index in [1.54, 1.807) is 17.5 Å². The largest absolute Gasteiger partial charge is 0.314 e. The minimum Gasteiger partial charge on any atom is -0.314 e. The molecule has 3 unspecified atom stereocenters. The maximum atomic E-state index is 12.5. The van der Waals surface area contributed by atoms with Crippen molar-refractivity contribution in [3.63, 3.8) is 0 Å². The number of benzene rings is 1. The third-order valence-electron chi connectivity index (χ3n) is 7.18. The predicted octanol–water partition coefficient (Wildman–Crippen LogP) is 4.57. The van der Waals surface area contributed by atoms with Gasteiger partial charge in [-0.15, -0.1) is 11.3 Å². The fourth-order valence-electron chi connectivity index (χ4n) is 5.16. The smallest absolute Gasteiger partial charge is 0.233 e. The molecule has 0 radical (unpaired) electrons. The number of piperidine rings is 1. The number of hydrogen-bond donors (Lipinski definition) is 1. The molecule has 176 valence electrons. The van der Waals surface area contributed by atoms with E-state index in [2.05, 4.69) is 22.1 Å². The average Bonchev–Trinajstić information content (AvgIpc) is 3.45. The molecule has 2 aromatic heterocycles. The van der Waals surface area contributed by atoms with E-state index < -0.39 is 0 Å². The second-order valence-electron chi connectivity index (χ2n) is 9.43. The zero-order valence-corrected chi connectivity index (χ0v) is 21.0. The second-order valence-corrected chi connectivity index (χ2v) is 11.4. The molecular weight excluding hydrogens is 491 g/mol. The molecule has 2 saturated heterocycles. The third kappa shape index (κ3) is 3.84. The van der Waals surface area contributed by atoms with Crippen molar-refractivity contribution in [2.45, 2.75) is 32.5 Å². The van der Waals surface area contributed by atoms with Gasteiger partial charge in [0, 0.05) is 58.9 Å². The van der Waals surface area contributed by atoms with Gasteiger partial charge in [0.25, 0.3) is 0 Å². The molecule has 2 amide bonds. The number of aromatic nitrogens is 1. The molecular formula is C25H24Cl2N4O2S. The molecule has 1 aromatic carbocycles. The maximum Gasteiger partial charge on any atom is 0.233 e. The Morgan fingerprint density at radius 1 is 1.12 bits per heavy atom. The summed E-state index contributed by atoms with van der Waals surface area (Å²) in [5, 5.41) is 4.68. The van der Waals surface area contributed by atoms with E-state index in [4.69, 9.17) is 23.2 Å². The second kappa shape index (κ2) is 8.57. The monoisotopic (exact) mass is 514 g/mol. The van der Waals surface area contributed by atoms with Gasteiger partial charge in [0.2, 0.25) is 11.8 Å². The summed E-state index contributed by atoms with van der Waals surface area (Å²) in [6.45, 7) is 6.12. The van der Waals surface area contributed by atoms with Crippen LogP contribution in [0.3, 0.4) is 0 Å². The van der Waals surface area contributed by atoms with Crippen LogP contribution in [0.2, 0.25) is 10.0 Å². The predicted molar refractivity (Wildman–Crippen MR) is 135 cm³/mol. The number of piperazine rings is 1. The summed E-state index contributed by atoms with van der Waals surface area (Å²) >= 11 is 14.8. The standard InChI is InChI=1S/C25H24Cl2N4O2S/c1-13-10-28-4-5-30(13)12-20-17(6-14(26)7-21(20)27)16-2-3-29-22-8-15(34-23(16)22)11-31-24(32)18-9-19(18)25(31)33/h2-3,6-8,13,18-19,28H,4-5,9-12H2,1H3. The summed E-state index contributed by atoms with van der Waals surface area (Å²) in [4.78, 5) is 34.3. The van der Waals surface area contributed by atoms with Gasteiger partial charge in [-0.25, -0.2) is 0 Å². The zero-order valence-electron chi connectivity index (χ0n) is 18.7. The molecule has 3 aromatic rings. The molecule has 3 fully saturated rings. The Hall–Kier alpha value is -2.03. The summed E-state index contributed by atoms with van der Waals surface area (Å²) < 4.78 is 1.01. The first-order chi connectivity index (χ1) is 16.4. The van der Waals surface area contributed by atoms with Gasteiger partial charge in [0.05, 0.1) is 28.6 Å². The van der Waals surface area contributed by atoms with Gasteiger partial charge >= 0.3 is 0 Å². The lowest BCUT2D eigenvalue weighted by Crippen LogP contribution is -2.49. The van der Waals surface area contributed by atoms with Crippen LogP contribution in [0, 0.1) is 11.8 Å². The maximum absolute atomic E-state index is 12.5. The summed E-state index contributed by atoms with van der Waals surface area (Å²) in [5.41, 5.74) is 3.91. The Bertz CT molecular complexity index is 1310. The summed E-state index contributed by atoms with van der Waals surface area (Å²) in [6, 6.07) is 8.17. The van der Waals surface area contributed by atoms with Gasteiger partial charge in [-0.3, -0.25) is 24.4 Å². The average molecular weight is 515 g/mol. The van der Waals surface area contributed by atoms with Crippen LogP contribution in [-0.2, 0) is 22.7 Å². The van der Waals surface area contributed by atoms with Crippen molar-refractivity contribution in [2.24, 2.45) is 11.8 Å². The molecule has 6 nitrogen and oxygen atoms in total. The first-order valence-electron chi connectivity index (χ1n) is 11.6. The number of thiophene rings is 1. The molecule has 3 aliphatic rings. The first kappa shape index (κ1) is 22.4. The van der Waals surface area contributed by atoms with Crippen molar-refractivity contribution in [1.82, 2.24) is 20.1 Å². The van der Waals surface area contributed by atoms with Crippen LogP contribution in [0.5, 0.6) is 0 Å². The number of nitrogens with one attached hydrogen (secondary N) is 1. The topological polar surface area (TPSA) is 65.5 Å². The number of amides is 2. The van der Waals surface area contributed by atoms with Gasteiger partial charge < -0.3 is 5.32 Å². The highest BCUT2D eigenvalue weighted by molar-refractivity contribution is 7.19. The Kier molecular flexibility index (Phi) is 5.66. The van der Waals surface area contributed by atoms with Gasteiger partial charge in [-0.1, -0.05) is 23.2 Å². The van der Waals surface area contributed by atoms with E-state index in [9.17, 15) is 9.59 Å². The molecule has 1 aliphatic carbocycles. The highest BCUT2D eigenvalue weighted by Gasteiger charge is 2.58. The van der Waals surface area contributed by atoms with Crippen molar-refractivity contribution < 1.29 is 9.59 Å². The highest BCUT2D eigenvalue weighted by Crippen LogP contribution is 2.48. The lowest BCUT2D eigenvalue weighted by atomic mass is 9.98. The fraction of sp³-hybridized carbons (Fsp3) is 0.400. The SMILES string of the molecule is CC1CNCCN1Cc1c(Cl)cc(Cl)cc1-c1ccnc2cc(CN3C(=O)C4CC4C3=O)sc12. The van der Waals surface area contributed by atoms with Gasteiger partial charge in [0.15, 0.2) is 0 Å². The Labute approximate surface area is 211 Å². The van der Waals surface area contributed by atoms with Crippen LogP contribution in [0.25, 0.3) is 21.3 Å². The number of nitrogens with zero attached hydrogens (tertiary/aromatic N) is 3. The molecule has 3 atom stereocenters. The van der Waals surface area contributed by atoms with Crippen LogP contribution >= 0.6 is 34.5 Å². The Morgan fingerprint density at radius 3 is 2.68 bits per heavy atom. The number of pyridine rings is 1. The molecule has 1 saturated carbocycles. The van der Waals surface area contributed by atoms with Crippen molar-refractivity contribution in [3.05, 3.63) is 50.9 Å². The summed E-state index contributed by atoms with van der Waals surface area (Å²) in [7, 11) is 0. The molecule has 4 heterocycles. The number of rotatable bonds is 5. The zero-order chi connectivity index (χ0) is 23.6. The van der Waals surface area contributed by atoms with Gasteiger partial charge in [-0.05, 0) is 48.7 Å². The number of carbonyl (C=O) groups is 2. The van der Waals surface area contributed by atoms with Crippen LogP contribution in [0.15, 0.2) is 30.5 Å². The van der Waals surface area contributed by atoms with Gasteiger partial charge in [0.1, 0.15) is 0 Å². The molecule has 0 spiro atoms. The minimum atomic E-state index is -0.0842. The molecule has 9 heteroatoms. The number of hydrogen-bond acceptors (Lipinski definition) is 6. The number of imide groups is 1. The van der Waals surface area contributed by atoms with E-state index in [-0.39, 0.29) is 23.7 Å². The first-order valence-corrected chi connectivity index (χ1v) is 13.1. The van der Waals surface area contributed by atoms with Crippen LogP contribution in [0.4, 0.5) is 0 Å². The van der Waals surface area contributed by atoms with Crippen molar-refractivity contribution in [2.75, 3.05) is 19.6 Å². The van der Waals surface area contributed by atoms with Crippen molar-refractivity contribution in [3.8, 4) is 11.1 Å². The van der Waals surface area contributed by atoms with E-state index in [1.165, 1.54) is 4.90 Å². The van der Waals surface area contributed by atoms with Crippen molar-refractivity contribution in [1.29, 1.82) is 0 Å². The normalized spacial score (nSPS) is 24.8. The van der Waals surface area contributed by atoms with E-state index >= 15 is 0 Å².